The van der Waals surface area contributed by atoms with Crippen LogP contribution in [0.15, 0.2) is 12.2 Å². The fourth-order valence-electron chi connectivity index (χ4n) is 3.63. The van der Waals surface area contributed by atoms with Crippen molar-refractivity contribution in [2.45, 2.75) is 38.4 Å². The Morgan fingerprint density at radius 2 is 1.94 bits per heavy atom. The van der Waals surface area contributed by atoms with Crippen molar-refractivity contribution in [3.63, 3.8) is 0 Å². The molecular weight excluding hydrogens is 456 g/mol. The third-order valence-corrected chi connectivity index (χ3v) is 5.58. The predicted molar refractivity (Wildman–Crippen MR) is 117 cm³/mol. The summed E-state index contributed by atoms with van der Waals surface area (Å²) in [5, 5.41) is 4.96. The molecule has 0 spiro atoms. The van der Waals surface area contributed by atoms with Crippen molar-refractivity contribution < 1.29 is 38.1 Å². The van der Waals surface area contributed by atoms with Crippen molar-refractivity contribution in [3.8, 4) is 0 Å². The molecule has 5 amide bonds. The zero-order valence-electron chi connectivity index (χ0n) is 18.4. The first-order valence-electron chi connectivity index (χ1n) is 10.4. The van der Waals surface area contributed by atoms with Crippen molar-refractivity contribution in [1.82, 2.24) is 20.4 Å². The summed E-state index contributed by atoms with van der Waals surface area (Å²) in [5.41, 5.74) is 0. The van der Waals surface area contributed by atoms with E-state index < -0.39 is 54.2 Å². The van der Waals surface area contributed by atoms with E-state index in [1.54, 1.807) is 13.8 Å². The molecule has 12 nitrogen and oxygen atoms in total. The number of imide groups is 1. The number of rotatable bonds is 13. The zero-order chi connectivity index (χ0) is 24.5. The van der Waals surface area contributed by atoms with Crippen molar-refractivity contribution >= 4 is 47.9 Å². The van der Waals surface area contributed by atoms with E-state index in [1.807, 2.05) is 0 Å². The van der Waals surface area contributed by atoms with E-state index in [4.69, 9.17) is 9.29 Å². The maximum Gasteiger partial charge on any atom is 0.254 e. The van der Waals surface area contributed by atoms with Gasteiger partial charge in [-0.15, -0.1) is 0 Å². The fraction of sp³-hybridized carbons (Fsp3) is 0.600. The average Bonchev–Trinajstić information content (AvgIpc) is 3.25. The zero-order valence-corrected chi connectivity index (χ0v) is 19.2. The van der Waals surface area contributed by atoms with Crippen molar-refractivity contribution in [3.05, 3.63) is 12.2 Å². The second kappa shape index (κ2) is 12.5. The summed E-state index contributed by atoms with van der Waals surface area (Å²) in [6.45, 7) is 3.07. The van der Waals surface area contributed by atoms with Crippen LogP contribution in [-0.4, -0.2) is 100 Å². The van der Waals surface area contributed by atoms with Gasteiger partial charge in [0.1, 0.15) is 18.4 Å². The Kier molecular flexibility index (Phi) is 10.0. The Bertz CT molecular complexity index is 800. The molecule has 1 fully saturated rings. The maximum absolute atomic E-state index is 13.1. The topological polar surface area (TPSA) is 162 Å². The number of nitrogens with one attached hydrogen (secondary N) is 2. The first-order valence-corrected chi connectivity index (χ1v) is 11.4. The summed E-state index contributed by atoms with van der Waals surface area (Å²) in [6, 6.07) is -2.59. The molecule has 182 valence electrons. The minimum atomic E-state index is -1.06. The average molecular weight is 485 g/mol. The summed E-state index contributed by atoms with van der Waals surface area (Å²) in [4.78, 5) is 74.8. The summed E-state index contributed by atoms with van der Waals surface area (Å²) in [5.74, 6) is -2.91. The molecule has 1 saturated heterocycles. The van der Waals surface area contributed by atoms with Crippen molar-refractivity contribution in [2.75, 3.05) is 32.1 Å². The van der Waals surface area contributed by atoms with Gasteiger partial charge in [0.2, 0.25) is 17.7 Å². The lowest BCUT2D eigenvalue weighted by Crippen LogP contribution is -2.53. The van der Waals surface area contributed by atoms with Crippen LogP contribution in [0.3, 0.4) is 0 Å². The SMILES string of the molecule is CC(C)C(NC(=O)CN1C(=O)C(N2C(=O)C=CC2=O)CC1COCCSO)C(=O)NCC=O. The lowest BCUT2D eigenvalue weighted by molar-refractivity contribution is -0.147. The number of carbonyl (C=O) groups excluding carboxylic acids is 6. The third-order valence-electron chi connectivity index (χ3n) is 5.23. The van der Waals surface area contributed by atoms with Gasteiger partial charge in [-0.1, -0.05) is 13.8 Å². The highest BCUT2D eigenvalue weighted by Crippen LogP contribution is 2.26. The van der Waals surface area contributed by atoms with Crippen LogP contribution in [0.2, 0.25) is 0 Å². The van der Waals surface area contributed by atoms with Gasteiger partial charge < -0.3 is 29.6 Å². The van der Waals surface area contributed by atoms with Crippen molar-refractivity contribution in [1.29, 1.82) is 0 Å². The van der Waals surface area contributed by atoms with Gasteiger partial charge >= 0.3 is 0 Å². The van der Waals surface area contributed by atoms with Crippen LogP contribution in [0.5, 0.6) is 0 Å². The number of carbonyl (C=O) groups is 6. The quantitative estimate of drug-likeness (QED) is 0.123. The first kappa shape index (κ1) is 26.5. The van der Waals surface area contributed by atoms with Crippen LogP contribution in [0.25, 0.3) is 0 Å². The molecule has 2 heterocycles. The second-order valence-electron chi connectivity index (χ2n) is 7.86. The predicted octanol–water partition coefficient (Wildman–Crippen LogP) is -1.44. The minimum Gasteiger partial charge on any atom is -0.378 e. The van der Waals surface area contributed by atoms with E-state index in [1.165, 1.54) is 4.90 Å². The molecule has 3 atom stereocenters. The van der Waals surface area contributed by atoms with Gasteiger partial charge in [0, 0.05) is 24.3 Å². The van der Waals surface area contributed by atoms with Crippen LogP contribution < -0.4 is 10.6 Å². The van der Waals surface area contributed by atoms with Crippen molar-refractivity contribution in [2.24, 2.45) is 5.92 Å². The highest BCUT2D eigenvalue weighted by atomic mass is 32.2. The maximum atomic E-state index is 13.1. The number of ether oxygens (including phenoxy) is 1. The van der Waals surface area contributed by atoms with E-state index in [-0.39, 0.29) is 32.1 Å². The van der Waals surface area contributed by atoms with Gasteiger partial charge in [0.05, 0.1) is 32.3 Å². The largest absolute Gasteiger partial charge is 0.378 e. The Morgan fingerprint density at radius 1 is 1.27 bits per heavy atom. The molecule has 2 aliphatic rings. The smallest absolute Gasteiger partial charge is 0.254 e. The number of nitrogens with zero attached hydrogens (tertiary/aromatic N) is 2. The van der Waals surface area contributed by atoms with E-state index >= 15 is 0 Å². The summed E-state index contributed by atoms with van der Waals surface area (Å²) in [6.07, 6.45) is 2.78. The number of amides is 5. The van der Waals surface area contributed by atoms with Crippen LogP contribution in [0.1, 0.15) is 20.3 Å². The Balaban J connectivity index is 2.11. The van der Waals surface area contributed by atoms with Crippen LogP contribution in [0.4, 0.5) is 0 Å². The third kappa shape index (κ3) is 6.85. The van der Waals surface area contributed by atoms with E-state index in [0.717, 1.165) is 17.1 Å². The number of likely N-dealkylation sites (tertiary alicyclic amines) is 1. The van der Waals surface area contributed by atoms with Gasteiger partial charge in [0.15, 0.2) is 0 Å². The minimum absolute atomic E-state index is 0.0349. The van der Waals surface area contributed by atoms with Gasteiger partial charge in [-0.2, -0.15) is 0 Å². The second-order valence-corrected chi connectivity index (χ2v) is 8.53. The Morgan fingerprint density at radius 3 is 2.52 bits per heavy atom. The molecule has 0 aromatic rings. The highest BCUT2D eigenvalue weighted by Gasteiger charge is 2.47. The summed E-state index contributed by atoms with van der Waals surface area (Å²) >= 11 is 0.600. The molecule has 0 aliphatic carbocycles. The van der Waals surface area contributed by atoms with Gasteiger partial charge in [-0.3, -0.25) is 28.9 Å². The summed E-state index contributed by atoms with van der Waals surface area (Å²) < 4.78 is 14.3. The molecule has 2 rings (SSSR count). The van der Waals surface area contributed by atoms with Crippen LogP contribution in [0, 0.1) is 5.92 Å². The fourth-order valence-corrected chi connectivity index (χ4v) is 3.83. The number of aldehydes is 1. The molecule has 2 aliphatic heterocycles. The normalized spacial score (nSPS) is 21.2. The summed E-state index contributed by atoms with van der Waals surface area (Å²) in [7, 11) is 0. The lowest BCUT2D eigenvalue weighted by Gasteiger charge is -2.26. The Labute approximate surface area is 195 Å². The molecule has 0 bridgehead atoms. The molecule has 0 radical (unpaired) electrons. The van der Waals surface area contributed by atoms with E-state index in [9.17, 15) is 28.8 Å². The van der Waals surface area contributed by atoms with Gasteiger partial charge in [-0.25, -0.2) is 0 Å². The molecule has 3 unspecified atom stereocenters. The van der Waals surface area contributed by atoms with Gasteiger partial charge in [-0.05, 0) is 18.0 Å². The number of hydrogen-bond acceptors (Lipinski definition) is 9. The molecule has 33 heavy (non-hydrogen) atoms. The molecular formula is C20H28N4O8S. The first-order chi connectivity index (χ1) is 15.7. The number of hydrogen-bond donors (Lipinski definition) is 3. The van der Waals surface area contributed by atoms with E-state index in [2.05, 4.69) is 10.6 Å². The van der Waals surface area contributed by atoms with E-state index in [0.29, 0.717) is 24.1 Å². The lowest BCUT2D eigenvalue weighted by atomic mass is 10.0. The molecule has 3 N–H and O–H groups in total. The van der Waals surface area contributed by atoms with Crippen LogP contribution >= 0.6 is 12.0 Å². The molecule has 13 heteroatoms. The highest BCUT2D eigenvalue weighted by molar-refractivity contribution is 7.93. The van der Waals surface area contributed by atoms with Crippen LogP contribution in [-0.2, 0) is 33.5 Å². The van der Waals surface area contributed by atoms with Gasteiger partial charge in [0.25, 0.3) is 11.8 Å². The Hall–Kier alpha value is -2.77. The molecule has 0 aromatic carbocycles. The molecule has 0 saturated carbocycles. The monoisotopic (exact) mass is 484 g/mol. The molecule has 0 aromatic heterocycles. The standard InChI is InChI=1S/C20H28N4O8S/c1-12(2)18(19(29)21-5-6-25)22-15(26)10-23-13(11-32-7-8-33-31)9-14(20(23)30)24-16(27)3-4-17(24)28/h3-4,6,12-14,18,31H,5,7-11H2,1-2H3,(H,21,29)(H,22,26).